The second-order valence-corrected chi connectivity index (χ2v) is 7.15. The molecular weight excluding hydrogens is 336 g/mol. The molecule has 5 nitrogen and oxygen atoms in total. The SMILES string of the molecule is Cn1cc(C2CN(C(=O)c3cc4ccccc4[nH]3)Cc3ccccc32)cn1. The Morgan fingerprint density at radius 2 is 1.96 bits per heavy atom. The second-order valence-electron chi connectivity index (χ2n) is 7.15. The number of aromatic amines is 1. The average Bonchev–Trinajstić information content (AvgIpc) is 3.32. The van der Waals surface area contributed by atoms with Crippen molar-refractivity contribution in [2.45, 2.75) is 12.5 Å². The monoisotopic (exact) mass is 356 g/mol. The number of hydrogen-bond donors (Lipinski definition) is 1. The molecule has 0 fully saturated rings. The Hall–Kier alpha value is -3.34. The Balaban J connectivity index is 1.52. The molecule has 0 saturated heterocycles. The molecular formula is C22H20N4O. The molecule has 1 aliphatic rings. The fraction of sp³-hybridized carbons (Fsp3) is 0.182. The van der Waals surface area contributed by atoms with Crippen LogP contribution in [0.25, 0.3) is 10.9 Å². The summed E-state index contributed by atoms with van der Waals surface area (Å²) in [6.45, 7) is 1.28. The third kappa shape index (κ3) is 2.72. The van der Waals surface area contributed by atoms with Crippen LogP contribution in [0, 0.1) is 0 Å². The van der Waals surface area contributed by atoms with Gasteiger partial charge in [-0.25, -0.2) is 0 Å². The molecule has 27 heavy (non-hydrogen) atoms. The Labute approximate surface area is 157 Å². The van der Waals surface area contributed by atoms with Gasteiger partial charge in [0.1, 0.15) is 5.69 Å². The standard InChI is InChI=1S/C22H20N4O/c1-25-12-17(11-23-25)19-14-26(13-16-7-2-4-8-18(16)19)22(27)21-10-15-6-3-5-9-20(15)24-21/h2-12,19,24H,13-14H2,1H3. The van der Waals surface area contributed by atoms with Crippen LogP contribution in [0.15, 0.2) is 67.0 Å². The molecule has 4 aromatic rings. The van der Waals surface area contributed by atoms with E-state index >= 15 is 0 Å². The van der Waals surface area contributed by atoms with E-state index < -0.39 is 0 Å². The Bertz CT molecular complexity index is 1110. The van der Waals surface area contributed by atoms with Crippen molar-refractivity contribution in [3.63, 3.8) is 0 Å². The van der Waals surface area contributed by atoms with Crippen LogP contribution in [0.5, 0.6) is 0 Å². The number of para-hydroxylation sites is 1. The normalized spacial score (nSPS) is 16.5. The first-order valence-electron chi connectivity index (χ1n) is 9.12. The molecule has 1 unspecified atom stereocenters. The summed E-state index contributed by atoms with van der Waals surface area (Å²) in [5.74, 6) is 0.173. The zero-order valence-corrected chi connectivity index (χ0v) is 15.1. The van der Waals surface area contributed by atoms with E-state index in [9.17, 15) is 4.79 Å². The summed E-state index contributed by atoms with van der Waals surface area (Å²) in [5.41, 5.74) is 5.25. The Kier molecular flexibility index (Phi) is 3.60. The third-order valence-electron chi connectivity index (χ3n) is 5.37. The number of carbonyl (C=O) groups is 1. The van der Waals surface area contributed by atoms with E-state index in [2.05, 4.69) is 28.3 Å². The molecule has 134 valence electrons. The molecule has 0 bridgehead atoms. The van der Waals surface area contributed by atoms with E-state index in [4.69, 9.17) is 0 Å². The minimum absolute atomic E-state index is 0.0367. The van der Waals surface area contributed by atoms with Gasteiger partial charge in [-0.05, 0) is 28.8 Å². The summed E-state index contributed by atoms with van der Waals surface area (Å²) in [7, 11) is 1.92. The zero-order valence-electron chi connectivity index (χ0n) is 15.1. The molecule has 1 aliphatic heterocycles. The second kappa shape index (κ2) is 6.13. The fourth-order valence-corrected chi connectivity index (χ4v) is 4.03. The van der Waals surface area contributed by atoms with E-state index in [1.165, 1.54) is 11.1 Å². The van der Waals surface area contributed by atoms with Gasteiger partial charge in [0.2, 0.25) is 0 Å². The molecule has 5 rings (SSSR count). The van der Waals surface area contributed by atoms with Gasteiger partial charge in [0, 0.05) is 43.2 Å². The van der Waals surface area contributed by atoms with Crippen LogP contribution < -0.4 is 0 Å². The predicted molar refractivity (Wildman–Crippen MR) is 105 cm³/mol. The first-order valence-corrected chi connectivity index (χ1v) is 9.12. The highest BCUT2D eigenvalue weighted by Crippen LogP contribution is 2.34. The van der Waals surface area contributed by atoms with Crippen LogP contribution in [0.2, 0.25) is 0 Å². The van der Waals surface area contributed by atoms with Crippen LogP contribution in [-0.2, 0) is 13.6 Å². The molecule has 2 aromatic carbocycles. The van der Waals surface area contributed by atoms with Crippen LogP contribution in [0.1, 0.15) is 33.1 Å². The number of aromatic nitrogens is 3. The van der Waals surface area contributed by atoms with Crippen molar-refractivity contribution in [2.75, 3.05) is 6.54 Å². The van der Waals surface area contributed by atoms with Gasteiger partial charge in [-0.1, -0.05) is 42.5 Å². The van der Waals surface area contributed by atoms with Crippen LogP contribution in [0.3, 0.4) is 0 Å². The minimum atomic E-state index is 0.0367. The molecule has 1 N–H and O–H groups in total. The van der Waals surface area contributed by atoms with Crippen molar-refractivity contribution in [2.24, 2.45) is 7.05 Å². The average molecular weight is 356 g/mol. The number of nitrogens with one attached hydrogen (secondary N) is 1. The number of benzene rings is 2. The van der Waals surface area contributed by atoms with E-state index in [0.29, 0.717) is 18.8 Å². The first-order chi connectivity index (χ1) is 13.2. The maximum Gasteiger partial charge on any atom is 0.270 e. The summed E-state index contributed by atoms with van der Waals surface area (Å²) in [6, 6.07) is 18.3. The van der Waals surface area contributed by atoms with Crippen LogP contribution >= 0.6 is 0 Å². The zero-order chi connectivity index (χ0) is 18.4. The highest BCUT2D eigenvalue weighted by molar-refractivity contribution is 5.98. The van der Waals surface area contributed by atoms with Gasteiger partial charge in [0.15, 0.2) is 0 Å². The lowest BCUT2D eigenvalue weighted by Gasteiger charge is -2.34. The quantitative estimate of drug-likeness (QED) is 0.595. The highest BCUT2D eigenvalue weighted by Gasteiger charge is 2.30. The van der Waals surface area contributed by atoms with E-state index in [0.717, 1.165) is 16.5 Å². The van der Waals surface area contributed by atoms with Crippen molar-refractivity contribution < 1.29 is 4.79 Å². The number of carbonyl (C=O) groups excluding carboxylic acids is 1. The van der Waals surface area contributed by atoms with Gasteiger partial charge in [-0.3, -0.25) is 9.48 Å². The molecule has 3 heterocycles. The number of nitrogens with zero attached hydrogens (tertiary/aromatic N) is 3. The topological polar surface area (TPSA) is 53.9 Å². The van der Waals surface area contributed by atoms with Gasteiger partial charge in [0.25, 0.3) is 5.91 Å². The van der Waals surface area contributed by atoms with Crippen molar-refractivity contribution in [3.05, 3.63) is 89.4 Å². The number of rotatable bonds is 2. The maximum absolute atomic E-state index is 13.2. The van der Waals surface area contributed by atoms with Gasteiger partial charge in [-0.15, -0.1) is 0 Å². The van der Waals surface area contributed by atoms with E-state index in [1.807, 2.05) is 65.4 Å². The van der Waals surface area contributed by atoms with Crippen LogP contribution in [-0.4, -0.2) is 32.1 Å². The maximum atomic E-state index is 13.2. The molecule has 0 spiro atoms. The van der Waals surface area contributed by atoms with Crippen molar-refractivity contribution in [1.29, 1.82) is 0 Å². The van der Waals surface area contributed by atoms with Crippen molar-refractivity contribution in [3.8, 4) is 0 Å². The molecule has 1 atom stereocenters. The van der Waals surface area contributed by atoms with Crippen molar-refractivity contribution >= 4 is 16.8 Å². The number of fused-ring (bicyclic) bond motifs is 2. The number of H-pyrrole nitrogens is 1. The first kappa shape index (κ1) is 15.9. The van der Waals surface area contributed by atoms with Gasteiger partial charge < -0.3 is 9.88 Å². The summed E-state index contributed by atoms with van der Waals surface area (Å²) < 4.78 is 1.82. The molecule has 0 radical (unpaired) electrons. The van der Waals surface area contributed by atoms with Crippen LogP contribution in [0.4, 0.5) is 0 Å². The summed E-state index contributed by atoms with van der Waals surface area (Å²) in [6.07, 6.45) is 3.94. The predicted octanol–water partition coefficient (Wildman–Crippen LogP) is 3.69. The highest BCUT2D eigenvalue weighted by atomic mass is 16.2. The number of hydrogen-bond acceptors (Lipinski definition) is 2. The Morgan fingerprint density at radius 3 is 2.78 bits per heavy atom. The number of amides is 1. The summed E-state index contributed by atoms with van der Waals surface area (Å²) >= 11 is 0. The largest absolute Gasteiger partial charge is 0.351 e. The van der Waals surface area contributed by atoms with E-state index in [-0.39, 0.29) is 11.8 Å². The minimum Gasteiger partial charge on any atom is -0.351 e. The lowest BCUT2D eigenvalue weighted by Crippen LogP contribution is -2.38. The van der Waals surface area contributed by atoms with Gasteiger partial charge >= 0.3 is 0 Å². The summed E-state index contributed by atoms with van der Waals surface area (Å²) in [4.78, 5) is 18.4. The summed E-state index contributed by atoms with van der Waals surface area (Å²) in [5, 5.41) is 5.39. The third-order valence-corrected chi connectivity index (χ3v) is 5.37. The van der Waals surface area contributed by atoms with Gasteiger partial charge in [-0.2, -0.15) is 5.10 Å². The molecule has 1 amide bonds. The molecule has 5 heteroatoms. The van der Waals surface area contributed by atoms with E-state index in [1.54, 1.807) is 0 Å². The fourth-order valence-electron chi connectivity index (χ4n) is 4.03. The molecule has 0 saturated carbocycles. The van der Waals surface area contributed by atoms with Crippen molar-refractivity contribution in [1.82, 2.24) is 19.7 Å². The number of aryl methyl sites for hydroxylation is 1. The van der Waals surface area contributed by atoms with Gasteiger partial charge in [0.05, 0.1) is 6.20 Å². The molecule has 2 aromatic heterocycles. The molecule has 0 aliphatic carbocycles. The lowest BCUT2D eigenvalue weighted by molar-refractivity contribution is 0.0720. The lowest BCUT2D eigenvalue weighted by atomic mass is 9.86. The smallest absolute Gasteiger partial charge is 0.270 e. The Morgan fingerprint density at radius 1 is 1.15 bits per heavy atom.